The highest BCUT2D eigenvalue weighted by Gasteiger charge is 2.28. The Morgan fingerprint density at radius 2 is 2.00 bits per heavy atom. The van der Waals surface area contributed by atoms with Crippen LogP contribution in [0.25, 0.3) is 0 Å². The fraction of sp³-hybridized carbons (Fsp3) is 0.588. The lowest BCUT2D eigenvalue weighted by atomic mass is 9.92. The molecule has 1 aliphatic heterocycles. The van der Waals surface area contributed by atoms with Crippen molar-refractivity contribution in [2.75, 3.05) is 22.4 Å². The van der Waals surface area contributed by atoms with Crippen LogP contribution in [0, 0.1) is 11.8 Å². The lowest BCUT2D eigenvalue weighted by molar-refractivity contribution is -0.120. The van der Waals surface area contributed by atoms with E-state index in [4.69, 9.17) is 0 Å². The highest BCUT2D eigenvalue weighted by Crippen LogP contribution is 2.34. The van der Waals surface area contributed by atoms with Gasteiger partial charge in [0.25, 0.3) is 0 Å². The first-order valence-electron chi connectivity index (χ1n) is 8.28. The third-order valence-electron chi connectivity index (χ3n) is 5.12. The van der Waals surface area contributed by atoms with Crippen molar-refractivity contribution in [1.29, 1.82) is 0 Å². The van der Waals surface area contributed by atoms with Gasteiger partial charge in [-0.3, -0.25) is 9.10 Å². The summed E-state index contributed by atoms with van der Waals surface area (Å²) in [5, 5.41) is 2.99. The molecule has 0 spiro atoms. The zero-order valence-corrected chi connectivity index (χ0v) is 14.5. The van der Waals surface area contributed by atoms with E-state index in [1.54, 1.807) is 12.1 Å². The molecule has 1 aromatic rings. The maximum atomic E-state index is 12.4. The number of hydrogen-bond acceptors (Lipinski definition) is 3. The molecule has 1 atom stereocenters. The van der Waals surface area contributed by atoms with Crippen molar-refractivity contribution in [3.63, 3.8) is 0 Å². The summed E-state index contributed by atoms with van der Waals surface area (Å²) in [4.78, 5) is 12.4. The van der Waals surface area contributed by atoms with Gasteiger partial charge in [0.05, 0.1) is 11.9 Å². The number of hydrogen-bond donors (Lipinski definition) is 1. The van der Waals surface area contributed by atoms with E-state index in [2.05, 4.69) is 5.32 Å². The van der Waals surface area contributed by atoms with Gasteiger partial charge in [-0.2, -0.15) is 0 Å². The molecule has 1 aliphatic carbocycles. The normalized spacial score (nSPS) is 19.7. The fourth-order valence-electron chi connectivity index (χ4n) is 3.72. The number of sulfonamides is 1. The minimum Gasteiger partial charge on any atom is -0.326 e. The van der Waals surface area contributed by atoms with E-state index < -0.39 is 10.0 Å². The van der Waals surface area contributed by atoms with Gasteiger partial charge in [0.15, 0.2) is 0 Å². The van der Waals surface area contributed by atoms with Gasteiger partial charge in [-0.1, -0.05) is 19.8 Å². The topological polar surface area (TPSA) is 66.5 Å². The number of nitrogens with one attached hydrogen (secondary N) is 1. The van der Waals surface area contributed by atoms with Crippen LogP contribution >= 0.6 is 0 Å². The van der Waals surface area contributed by atoms with Gasteiger partial charge in [-0.25, -0.2) is 8.42 Å². The summed E-state index contributed by atoms with van der Waals surface area (Å²) in [5.41, 5.74) is 2.46. The van der Waals surface area contributed by atoms with Gasteiger partial charge in [-0.15, -0.1) is 0 Å². The minimum atomic E-state index is -3.23. The van der Waals surface area contributed by atoms with Crippen LogP contribution in [-0.2, 0) is 21.2 Å². The molecule has 1 heterocycles. The van der Waals surface area contributed by atoms with Gasteiger partial charge in [0.2, 0.25) is 15.9 Å². The number of amides is 1. The third kappa shape index (κ3) is 3.37. The number of carbonyl (C=O) groups excluding carboxylic acids is 1. The summed E-state index contributed by atoms with van der Waals surface area (Å²) in [6, 6.07) is 5.49. The number of rotatable bonds is 4. The molecular formula is C17H24N2O3S. The van der Waals surface area contributed by atoms with Crippen LogP contribution < -0.4 is 9.62 Å². The summed E-state index contributed by atoms with van der Waals surface area (Å²) < 4.78 is 24.9. The molecular weight excluding hydrogens is 312 g/mol. The molecule has 0 aromatic heterocycles. The van der Waals surface area contributed by atoms with Crippen molar-refractivity contribution in [3.05, 3.63) is 23.8 Å². The molecule has 1 fully saturated rings. The summed E-state index contributed by atoms with van der Waals surface area (Å²) in [5.74, 6) is 0.582. The Labute approximate surface area is 138 Å². The second kappa shape index (κ2) is 6.15. The van der Waals surface area contributed by atoms with Crippen LogP contribution in [0.15, 0.2) is 18.2 Å². The predicted octanol–water partition coefficient (Wildman–Crippen LogP) is 2.77. The summed E-state index contributed by atoms with van der Waals surface area (Å²) in [6.45, 7) is 2.48. The van der Waals surface area contributed by atoms with Crippen LogP contribution in [0.4, 0.5) is 11.4 Å². The highest BCUT2D eigenvalue weighted by molar-refractivity contribution is 7.92. The SMILES string of the molecule is CC(C(=O)Nc1ccc2c(c1)CCN2S(C)(=O)=O)C1CCCC1. The Kier molecular flexibility index (Phi) is 4.36. The molecule has 0 radical (unpaired) electrons. The van der Waals surface area contributed by atoms with Gasteiger partial charge in [0, 0.05) is 18.2 Å². The molecule has 1 saturated carbocycles. The smallest absolute Gasteiger partial charge is 0.232 e. The molecule has 23 heavy (non-hydrogen) atoms. The molecule has 1 N–H and O–H groups in total. The average Bonchev–Trinajstić information content (AvgIpc) is 3.14. The molecule has 2 aliphatic rings. The Balaban J connectivity index is 1.72. The monoisotopic (exact) mass is 336 g/mol. The van der Waals surface area contributed by atoms with Gasteiger partial charge in [-0.05, 0) is 48.9 Å². The van der Waals surface area contributed by atoms with Crippen molar-refractivity contribution < 1.29 is 13.2 Å². The van der Waals surface area contributed by atoms with E-state index in [0.29, 0.717) is 18.9 Å². The van der Waals surface area contributed by atoms with Gasteiger partial charge < -0.3 is 5.32 Å². The summed E-state index contributed by atoms with van der Waals surface area (Å²) in [6.07, 6.45) is 6.64. The van der Waals surface area contributed by atoms with E-state index in [1.807, 2.05) is 13.0 Å². The largest absolute Gasteiger partial charge is 0.326 e. The number of anilines is 2. The second-order valence-corrected chi connectivity index (χ2v) is 8.66. The molecule has 1 amide bonds. The zero-order valence-electron chi connectivity index (χ0n) is 13.7. The van der Waals surface area contributed by atoms with Gasteiger partial charge in [0.1, 0.15) is 0 Å². The Hall–Kier alpha value is -1.56. The Morgan fingerprint density at radius 1 is 1.30 bits per heavy atom. The van der Waals surface area contributed by atoms with Crippen LogP contribution in [-0.4, -0.2) is 27.1 Å². The van der Waals surface area contributed by atoms with Crippen LogP contribution in [0.1, 0.15) is 38.2 Å². The zero-order chi connectivity index (χ0) is 16.6. The predicted molar refractivity (Wildman–Crippen MR) is 92.1 cm³/mol. The molecule has 3 rings (SSSR count). The van der Waals surface area contributed by atoms with Crippen LogP contribution in [0.2, 0.25) is 0 Å². The first kappa shape index (κ1) is 16.3. The van der Waals surface area contributed by atoms with Crippen LogP contribution in [0.5, 0.6) is 0 Å². The van der Waals surface area contributed by atoms with Crippen molar-refractivity contribution in [1.82, 2.24) is 0 Å². The first-order valence-corrected chi connectivity index (χ1v) is 10.1. The number of carbonyl (C=O) groups is 1. The van der Waals surface area contributed by atoms with E-state index in [1.165, 1.54) is 23.4 Å². The molecule has 0 bridgehead atoms. The second-order valence-electron chi connectivity index (χ2n) is 6.75. The molecule has 1 aromatic carbocycles. The summed E-state index contributed by atoms with van der Waals surface area (Å²) >= 11 is 0. The third-order valence-corrected chi connectivity index (χ3v) is 6.30. The molecule has 5 nitrogen and oxygen atoms in total. The van der Waals surface area contributed by atoms with E-state index in [9.17, 15) is 13.2 Å². The fourth-order valence-corrected chi connectivity index (χ4v) is 4.68. The van der Waals surface area contributed by atoms with E-state index in [0.717, 1.165) is 29.8 Å². The minimum absolute atomic E-state index is 0.0262. The standard InChI is InChI=1S/C17H24N2O3S/c1-12(13-5-3-4-6-13)17(20)18-15-7-8-16-14(11-15)9-10-19(16)23(2,21)22/h7-8,11-13H,3-6,9-10H2,1-2H3,(H,18,20). The first-order chi connectivity index (χ1) is 10.9. The summed E-state index contributed by atoms with van der Waals surface area (Å²) in [7, 11) is -3.23. The van der Waals surface area contributed by atoms with E-state index in [-0.39, 0.29) is 11.8 Å². The van der Waals surface area contributed by atoms with Crippen molar-refractivity contribution in [3.8, 4) is 0 Å². The Bertz CT molecular complexity index is 709. The quantitative estimate of drug-likeness (QED) is 0.919. The number of benzene rings is 1. The maximum absolute atomic E-state index is 12.4. The molecule has 6 heteroatoms. The Morgan fingerprint density at radius 3 is 2.65 bits per heavy atom. The molecule has 1 unspecified atom stereocenters. The molecule has 126 valence electrons. The number of nitrogens with zero attached hydrogens (tertiary/aromatic N) is 1. The lowest BCUT2D eigenvalue weighted by Crippen LogP contribution is -2.27. The van der Waals surface area contributed by atoms with Crippen molar-refractivity contribution in [2.24, 2.45) is 11.8 Å². The van der Waals surface area contributed by atoms with E-state index >= 15 is 0 Å². The van der Waals surface area contributed by atoms with Crippen molar-refractivity contribution >= 4 is 27.3 Å². The highest BCUT2D eigenvalue weighted by atomic mass is 32.2. The van der Waals surface area contributed by atoms with Crippen LogP contribution in [0.3, 0.4) is 0 Å². The maximum Gasteiger partial charge on any atom is 0.232 e. The lowest BCUT2D eigenvalue weighted by Gasteiger charge is -2.19. The van der Waals surface area contributed by atoms with Gasteiger partial charge >= 0.3 is 0 Å². The average molecular weight is 336 g/mol. The number of fused-ring (bicyclic) bond motifs is 1. The van der Waals surface area contributed by atoms with Crippen molar-refractivity contribution in [2.45, 2.75) is 39.0 Å². The molecule has 0 saturated heterocycles.